The number of unbranched alkanes of at least 4 members (excludes halogenated alkanes) is 1. The van der Waals surface area contributed by atoms with E-state index in [1.807, 2.05) is 25.1 Å². The lowest BCUT2D eigenvalue weighted by molar-refractivity contribution is -0.120. The van der Waals surface area contributed by atoms with Crippen LogP contribution in [0.5, 0.6) is 0 Å². The Labute approximate surface area is 154 Å². The smallest absolute Gasteiger partial charge is 0.227 e. The van der Waals surface area contributed by atoms with E-state index in [9.17, 15) is 9.59 Å². The van der Waals surface area contributed by atoms with Crippen molar-refractivity contribution < 1.29 is 9.59 Å². The number of halogens is 1. The molecule has 1 N–H and O–H groups in total. The molecule has 0 aromatic heterocycles. The summed E-state index contributed by atoms with van der Waals surface area (Å²) in [7, 11) is 0. The van der Waals surface area contributed by atoms with E-state index in [0.29, 0.717) is 21.8 Å². The quantitative estimate of drug-likeness (QED) is 0.613. The molecule has 132 valence electrons. The number of anilines is 1. The number of nitrogens with one attached hydrogen (secondary N) is 1. The van der Waals surface area contributed by atoms with E-state index in [1.54, 1.807) is 30.3 Å². The Kier molecular flexibility index (Phi) is 7.20. The SMILES string of the molecule is CCCCC(CC)C(=O)Nc1ccc(Cl)cc1C(=O)c1ccccc1. The fourth-order valence-corrected chi connectivity index (χ4v) is 2.94. The number of carbonyl (C=O) groups is 2. The maximum atomic E-state index is 12.8. The van der Waals surface area contributed by atoms with E-state index >= 15 is 0 Å². The van der Waals surface area contributed by atoms with Crippen molar-refractivity contribution in [2.45, 2.75) is 39.5 Å². The predicted octanol–water partition coefficient (Wildman–Crippen LogP) is 5.73. The second-order valence-corrected chi connectivity index (χ2v) is 6.56. The van der Waals surface area contributed by atoms with Crippen LogP contribution < -0.4 is 5.32 Å². The normalized spacial score (nSPS) is 11.8. The van der Waals surface area contributed by atoms with Gasteiger partial charge in [0.25, 0.3) is 0 Å². The number of rotatable bonds is 8. The fraction of sp³-hybridized carbons (Fsp3) is 0.333. The van der Waals surface area contributed by atoms with Crippen molar-refractivity contribution in [1.82, 2.24) is 0 Å². The third-order valence-electron chi connectivity index (χ3n) is 4.29. The Morgan fingerprint density at radius 3 is 2.44 bits per heavy atom. The summed E-state index contributed by atoms with van der Waals surface area (Å²) in [5.74, 6) is -0.240. The van der Waals surface area contributed by atoms with E-state index < -0.39 is 0 Å². The van der Waals surface area contributed by atoms with Gasteiger partial charge < -0.3 is 5.32 Å². The molecule has 25 heavy (non-hydrogen) atoms. The monoisotopic (exact) mass is 357 g/mol. The van der Waals surface area contributed by atoms with Gasteiger partial charge in [0, 0.05) is 22.1 Å². The molecule has 0 bridgehead atoms. The fourth-order valence-electron chi connectivity index (χ4n) is 2.76. The minimum absolute atomic E-state index is 0.0413. The second-order valence-electron chi connectivity index (χ2n) is 6.12. The van der Waals surface area contributed by atoms with Gasteiger partial charge in [-0.05, 0) is 31.0 Å². The van der Waals surface area contributed by atoms with E-state index in [4.69, 9.17) is 11.6 Å². The Bertz CT molecular complexity index is 728. The average Bonchev–Trinajstić information content (AvgIpc) is 2.64. The van der Waals surface area contributed by atoms with Gasteiger partial charge in [-0.2, -0.15) is 0 Å². The lowest BCUT2D eigenvalue weighted by Gasteiger charge is -2.16. The molecule has 3 nitrogen and oxygen atoms in total. The van der Waals surface area contributed by atoms with E-state index in [2.05, 4.69) is 12.2 Å². The molecule has 0 saturated carbocycles. The number of benzene rings is 2. The maximum absolute atomic E-state index is 12.8. The van der Waals surface area contributed by atoms with Gasteiger partial charge in [0.2, 0.25) is 5.91 Å². The summed E-state index contributed by atoms with van der Waals surface area (Å²) in [5, 5.41) is 3.40. The van der Waals surface area contributed by atoms with Crippen LogP contribution in [0.3, 0.4) is 0 Å². The number of carbonyl (C=O) groups excluding carboxylic acids is 2. The molecule has 0 aliphatic heterocycles. The third kappa shape index (κ3) is 5.17. The molecule has 2 rings (SSSR count). The summed E-state index contributed by atoms with van der Waals surface area (Å²) in [6, 6.07) is 14.0. The average molecular weight is 358 g/mol. The van der Waals surface area contributed by atoms with Crippen LogP contribution in [0.1, 0.15) is 55.5 Å². The lowest BCUT2D eigenvalue weighted by Crippen LogP contribution is -2.23. The first kappa shape index (κ1) is 19.2. The first-order valence-electron chi connectivity index (χ1n) is 8.77. The van der Waals surface area contributed by atoms with Crippen molar-refractivity contribution in [3.63, 3.8) is 0 Å². The Hall–Kier alpha value is -2.13. The lowest BCUT2D eigenvalue weighted by atomic mass is 9.97. The largest absolute Gasteiger partial charge is 0.325 e. The van der Waals surface area contributed by atoms with Crippen molar-refractivity contribution in [2.24, 2.45) is 5.92 Å². The number of amides is 1. The van der Waals surface area contributed by atoms with E-state index in [1.165, 1.54) is 0 Å². The molecule has 0 saturated heterocycles. The second kappa shape index (κ2) is 9.38. The standard InChI is InChI=1S/C21H24ClNO2/c1-3-5-9-15(4-2)21(25)23-19-13-12-17(22)14-18(19)20(24)16-10-7-6-8-11-16/h6-8,10-15H,3-5,9H2,1-2H3,(H,23,25). The number of hydrogen-bond acceptors (Lipinski definition) is 2. The van der Waals surface area contributed by atoms with Gasteiger partial charge in [0.15, 0.2) is 5.78 Å². The van der Waals surface area contributed by atoms with Crippen molar-refractivity contribution in [3.05, 3.63) is 64.7 Å². The zero-order chi connectivity index (χ0) is 18.2. The highest BCUT2D eigenvalue weighted by Gasteiger charge is 2.20. The maximum Gasteiger partial charge on any atom is 0.227 e. The molecule has 1 atom stereocenters. The first-order valence-corrected chi connectivity index (χ1v) is 9.14. The van der Waals surface area contributed by atoms with Gasteiger partial charge in [-0.3, -0.25) is 9.59 Å². The van der Waals surface area contributed by atoms with Crippen molar-refractivity contribution in [1.29, 1.82) is 0 Å². The van der Waals surface area contributed by atoms with Crippen LogP contribution in [0.4, 0.5) is 5.69 Å². The molecule has 0 radical (unpaired) electrons. The van der Waals surface area contributed by atoms with Crippen LogP contribution >= 0.6 is 11.6 Å². The summed E-state index contributed by atoms with van der Waals surface area (Å²) in [6.07, 6.45) is 3.71. The molecule has 0 fully saturated rings. The van der Waals surface area contributed by atoms with Crippen LogP contribution in [0.2, 0.25) is 5.02 Å². The summed E-state index contributed by atoms with van der Waals surface area (Å²) >= 11 is 6.08. The molecule has 4 heteroatoms. The van der Waals surface area contributed by atoms with Gasteiger partial charge in [0.05, 0.1) is 5.69 Å². The van der Waals surface area contributed by atoms with Gasteiger partial charge in [0.1, 0.15) is 0 Å². The zero-order valence-corrected chi connectivity index (χ0v) is 15.5. The summed E-state index contributed by atoms with van der Waals surface area (Å²) in [6.45, 7) is 4.12. The van der Waals surface area contributed by atoms with Crippen molar-refractivity contribution in [3.8, 4) is 0 Å². The molecule has 0 spiro atoms. The Balaban J connectivity index is 2.26. The van der Waals surface area contributed by atoms with Gasteiger partial charge in [-0.25, -0.2) is 0 Å². The highest BCUT2D eigenvalue weighted by molar-refractivity contribution is 6.31. The van der Waals surface area contributed by atoms with Crippen LogP contribution in [-0.4, -0.2) is 11.7 Å². The molecule has 1 amide bonds. The van der Waals surface area contributed by atoms with Crippen LogP contribution in [0, 0.1) is 5.92 Å². The highest BCUT2D eigenvalue weighted by Crippen LogP contribution is 2.25. The van der Waals surface area contributed by atoms with Crippen molar-refractivity contribution >= 4 is 29.0 Å². The van der Waals surface area contributed by atoms with Gasteiger partial charge in [-0.15, -0.1) is 0 Å². The molecule has 1 unspecified atom stereocenters. The van der Waals surface area contributed by atoms with Gasteiger partial charge >= 0.3 is 0 Å². The van der Waals surface area contributed by atoms with Crippen molar-refractivity contribution in [2.75, 3.05) is 5.32 Å². The topological polar surface area (TPSA) is 46.2 Å². The van der Waals surface area contributed by atoms with Crippen LogP contribution in [0.25, 0.3) is 0 Å². The molecular formula is C21H24ClNO2. The zero-order valence-electron chi connectivity index (χ0n) is 14.7. The summed E-state index contributed by atoms with van der Waals surface area (Å²) in [4.78, 5) is 25.4. The van der Waals surface area contributed by atoms with Crippen LogP contribution in [0.15, 0.2) is 48.5 Å². The number of ketones is 1. The van der Waals surface area contributed by atoms with Crippen LogP contribution in [-0.2, 0) is 4.79 Å². The van der Waals surface area contributed by atoms with E-state index in [-0.39, 0.29) is 17.6 Å². The minimum Gasteiger partial charge on any atom is -0.325 e. The predicted molar refractivity (Wildman–Crippen MR) is 103 cm³/mol. The minimum atomic E-state index is -0.153. The molecule has 0 aliphatic rings. The number of hydrogen-bond donors (Lipinski definition) is 1. The summed E-state index contributed by atoms with van der Waals surface area (Å²) in [5.41, 5.74) is 1.49. The van der Waals surface area contributed by atoms with E-state index in [0.717, 1.165) is 25.7 Å². The first-order chi connectivity index (χ1) is 12.1. The highest BCUT2D eigenvalue weighted by atomic mass is 35.5. The molecule has 2 aromatic carbocycles. The molecule has 2 aromatic rings. The van der Waals surface area contributed by atoms with Gasteiger partial charge in [-0.1, -0.05) is 68.6 Å². The third-order valence-corrected chi connectivity index (χ3v) is 4.52. The molecule has 0 heterocycles. The summed E-state index contributed by atoms with van der Waals surface area (Å²) < 4.78 is 0. The Morgan fingerprint density at radius 2 is 1.80 bits per heavy atom. The molecule has 0 aliphatic carbocycles. The molecular weight excluding hydrogens is 334 g/mol. The Morgan fingerprint density at radius 1 is 1.08 bits per heavy atom.